The van der Waals surface area contributed by atoms with Crippen LogP contribution in [0, 0.1) is 5.92 Å². The molecule has 172 valence electrons. The molecule has 1 atom stereocenters. The number of methoxy groups -OCH3 is 1. The van der Waals surface area contributed by atoms with Crippen LogP contribution in [0.2, 0.25) is 0 Å². The van der Waals surface area contributed by atoms with Crippen LogP contribution in [0.1, 0.15) is 31.9 Å². The highest BCUT2D eigenvalue weighted by Gasteiger charge is 2.37. The van der Waals surface area contributed by atoms with Crippen LogP contribution in [-0.4, -0.2) is 32.3 Å². The molecule has 0 saturated heterocycles. The van der Waals surface area contributed by atoms with Gasteiger partial charge in [0.2, 0.25) is 0 Å². The average Bonchev–Trinajstić information content (AvgIpc) is 2.83. The first-order valence-corrected chi connectivity index (χ1v) is 10.9. The fourth-order valence-electron chi connectivity index (χ4n) is 3.73. The first kappa shape index (κ1) is 23.9. The van der Waals surface area contributed by atoms with E-state index in [4.69, 9.17) is 14.2 Å². The van der Waals surface area contributed by atoms with Crippen molar-refractivity contribution >= 4 is 23.7 Å². The highest BCUT2D eigenvalue weighted by Crippen LogP contribution is 2.37. The Hall–Kier alpha value is -3.80. The van der Waals surface area contributed by atoms with Gasteiger partial charge < -0.3 is 19.5 Å². The zero-order valence-electron chi connectivity index (χ0n) is 19.4. The van der Waals surface area contributed by atoms with E-state index >= 15 is 0 Å². The molecule has 1 N–H and O–H groups in total. The zero-order valence-corrected chi connectivity index (χ0v) is 19.4. The maximum absolute atomic E-state index is 13.2. The van der Waals surface area contributed by atoms with Crippen molar-refractivity contribution in [2.45, 2.75) is 20.8 Å². The Balaban J connectivity index is 2.19. The standard InChI is InChI=1S/C27H29NO5/c1-5-32-26(29)23-18(3)28-25(20-13-15-21(31-4)16-14-20)24(27(30)33-6-2)22(23)17-12-19-10-8-7-9-11-19/h7-17,22,28H,5-6H2,1-4H3/b17-12+. The van der Waals surface area contributed by atoms with E-state index in [1.165, 1.54) is 0 Å². The van der Waals surface area contributed by atoms with E-state index < -0.39 is 17.9 Å². The SMILES string of the molecule is CCOC(=O)C1=C(C)NC(c2ccc(OC)cc2)=C(C(=O)OCC)C1/C=C/c1ccccc1. The Morgan fingerprint density at radius 3 is 2.09 bits per heavy atom. The third-order valence-corrected chi connectivity index (χ3v) is 5.26. The number of esters is 2. The lowest BCUT2D eigenvalue weighted by Gasteiger charge is -2.30. The molecule has 0 spiro atoms. The van der Waals surface area contributed by atoms with Gasteiger partial charge in [-0.15, -0.1) is 0 Å². The van der Waals surface area contributed by atoms with Crippen molar-refractivity contribution in [1.29, 1.82) is 0 Å². The summed E-state index contributed by atoms with van der Waals surface area (Å²) in [6.45, 7) is 5.76. The van der Waals surface area contributed by atoms with Crippen LogP contribution in [0.3, 0.4) is 0 Å². The molecule has 0 fully saturated rings. The Morgan fingerprint density at radius 2 is 1.52 bits per heavy atom. The summed E-state index contributed by atoms with van der Waals surface area (Å²) >= 11 is 0. The maximum Gasteiger partial charge on any atom is 0.337 e. The molecule has 2 aromatic carbocycles. The van der Waals surface area contributed by atoms with E-state index in [1.54, 1.807) is 27.9 Å². The van der Waals surface area contributed by atoms with Crippen molar-refractivity contribution < 1.29 is 23.8 Å². The molecule has 3 rings (SSSR count). The predicted octanol–water partition coefficient (Wildman–Crippen LogP) is 4.74. The van der Waals surface area contributed by atoms with Gasteiger partial charge in [-0.25, -0.2) is 9.59 Å². The third-order valence-electron chi connectivity index (χ3n) is 5.26. The number of rotatable bonds is 8. The van der Waals surface area contributed by atoms with Gasteiger partial charge in [0.15, 0.2) is 0 Å². The number of ether oxygens (including phenoxy) is 3. The molecule has 33 heavy (non-hydrogen) atoms. The molecule has 6 heteroatoms. The normalized spacial score (nSPS) is 15.9. The van der Waals surface area contributed by atoms with Crippen LogP contribution in [-0.2, 0) is 19.1 Å². The van der Waals surface area contributed by atoms with Crippen LogP contribution in [0.15, 0.2) is 77.5 Å². The summed E-state index contributed by atoms with van der Waals surface area (Å²) in [5.41, 5.74) is 3.66. The molecular weight excluding hydrogens is 418 g/mol. The lowest BCUT2D eigenvalue weighted by molar-refractivity contribution is -0.139. The number of hydrogen-bond acceptors (Lipinski definition) is 6. The second kappa shape index (κ2) is 11.2. The molecule has 0 aromatic heterocycles. The van der Waals surface area contributed by atoms with Crippen LogP contribution in [0.25, 0.3) is 11.8 Å². The van der Waals surface area contributed by atoms with Gasteiger partial charge in [-0.1, -0.05) is 42.5 Å². The van der Waals surface area contributed by atoms with Gasteiger partial charge in [-0.2, -0.15) is 0 Å². The van der Waals surface area contributed by atoms with E-state index in [0.29, 0.717) is 28.3 Å². The smallest absolute Gasteiger partial charge is 0.337 e. The second-order valence-electron chi connectivity index (χ2n) is 7.37. The fraction of sp³-hybridized carbons (Fsp3) is 0.259. The Morgan fingerprint density at radius 1 is 0.909 bits per heavy atom. The van der Waals surface area contributed by atoms with Gasteiger partial charge in [0.25, 0.3) is 0 Å². The summed E-state index contributed by atoms with van der Waals surface area (Å²) in [5.74, 6) is -0.914. The zero-order chi connectivity index (χ0) is 23.8. The first-order valence-electron chi connectivity index (χ1n) is 10.9. The molecule has 1 heterocycles. The van der Waals surface area contributed by atoms with E-state index in [2.05, 4.69) is 5.32 Å². The fourth-order valence-corrected chi connectivity index (χ4v) is 3.73. The topological polar surface area (TPSA) is 73.9 Å². The minimum absolute atomic E-state index is 0.213. The molecule has 0 radical (unpaired) electrons. The summed E-state index contributed by atoms with van der Waals surface area (Å²) in [7, 11) is 1.60. The number of benzene rings is 2. The van der Waals surface area contributed by atoms with Gasteiger partial charge in [0.1, 0.15) is 5.75 Å². The number of dihydropyridines is 1. The van der Waals surface area contributed by atoms with Crippen LogP contribution in [0.4, 0.5) is 0 Å². The molecule has 1 aliphatic rings. The van der Waals surface area contributed by atoms with E-state index in [0.717, 1.165) is 11.1 Å². The van der Waals surface area contributed by atoms with E-state index in [1.807, 2.05) is 66.7 Å². The van der Waals surface area contributed by atoms with Crippen molar-refractivity contribution in [2.75, 3.05) is 20.3 Å². The highest BCUT2D eigenvalue weighted by molar-refractivity contribution is 6.04. The lowest BCUT2D eigenvalue weighted by atomic mass is 9.83. The molecule has 0 aliphatic carbocycles. The number of nitrogens with one attached hydrogen (secondary N) is 1. The van der Waals surface area contributed by atoms with Gasteiger partial charge in [0.05, 0.1) is 37.2 Å². The van der Waals surface area contributed by atoms with Gasteiger partial charge in [0, 0.05) is 11.6 Å². The summed E-state index contributed by atoms with van der Waals surface area (Å²) in [6, 6.07) is 17.1. The highest BCUT2D eigenvalue weighted by atomic mass is 16.5. The lowest BCUT2D eigenvalue weighted by Crippen LogP contribution is -2.33. The van der Waals surface area contributed by atoms with Gasteiger partial charge in [-0.05, 0) is 56.2 Å². The number of hydrogen-bond donors (Lipinski definition) is 1. The van der Waals surface area contributed by atoms with Crippen LogP contribution >= 0.6 is 0 Å². The Kier molecular flexibility index (Phi) is 8.08. The van der Waals surface area contributed by atoms with Crippen molar-refractivity contribution in [3.05, 3.63) is 88.6 Å². The maximum atomic E-state index is 13.2. The summed E-state index contributed by atoms with van der Waals surface area (Å²) < 4.78 is 16.0. The largest absolute Gasteiger partial charge is 0.497 e. The monoisotopic (exact) mass is 447 g/mol. The minimum atomic E-state index is -0.651. The minimum Gasteiger partial charge on any atom is -0.497 e. The molecule has 0 saturated carbocycles. The molecule has 1 unspecified atom stereocenters. The molecule has 1 aliphatic heterocycles. The van der Waals surface area contributed by atoms with E-state index in [9.17, 15) is 9.59 Å². The van der Waals surface area contributed by atoms with E-state index in [-0.39, 0.29) is 13.2 Å². The molecule has 6 nitrogen and oxygen atoms in total. The van der Waals surface area contributed by atoms with Gasteiger partial charge in [-0.3, -0.25) is 0 Å². The number of carbonyl (C=O) groups excluding carboxylic acids is 2. The van der Waals surface area contributed by atoms with Crippen molar-refractivity contribution in [2.24, 2.45) is 5.92 Å². The van der Waals surface area contributed by atoms with Crippen molar-refractivity contribution in [3.8, 4) is 5.75 Å². The van der Waals surface area contributed by atoms with Crippen molar-refractivity contribution in [1.82, 2.24) is 5.32 Å². The van der Waals surface area contributed by atoms with Crippen LogP contribution < -0.4 is 10.1 Å². The number of allylic oxidation sites excluding steroid dienone is 2. The molecule has 2 aromatic rings. The third kappa shape index (κ3) is 5.52. The number of carbonyl (C=O) groups is 2. The van der Waals surface area contributed by atoms with Gasteiger partial charge >= 0.3 is 11.9 Å². The predicted molar refractivity (Wildman–Crippen MR) is 128 cm³/mol. The second-order valence-corrected chi connectivity index (χ2v) is 7.37. The average molecular weight is 448 g/mol. The quantitative estimate of drug-likeness (QED) is 0.590. The Labute approximate surface area is 194 Å². The first-order chi connectivity index (χ1) is 16.0. The summed E-state index contributed by atoms with van der Waals surface area (Å²) in [5, 5.41) is 3.26. The van der Waals surface area contributed by atoms with Crippen molar-refractivity contribution in [3.63, 3.8) is 0 Å². The Bertz CT molecular complexity index is 1080. The molecule has 0 bridgehead atoms. The molecule has 0 amide bonds. The summed E-state index contributed by atoms with van der Waals surface area (Å²) in [4.78, 5) is 26.1. The molecular formula is C27H29NO5. The van der Waals surface area contributed by atoms with Crippen LogP contribution in [0.5, 0.6) is 5.75 Å². The summed E-state index contributed by atoms with van der Waals surface area (Å²) in [6.07, 6.45) is 3.75.